The zero-order valence-corrected chi connectivity index (χ0v) is 20.5. The number of rotatable bonds is 7. The fraction of sp³-hybridized carbons (Fsp3) is 0.320. The molecule has 0 spiro atoms. The predicted molar refractivity (Wildman–Crippen MR) is 135 cm³/mol. The van der Waals surface area contributed by atoms with Gasteiger partial charge in [0.2, 0.25) is 5.01 Å². The summed E-state index contributed by atoms with van der Waals surface area (Å²) in [5.41, 5.74) is 2.94. The molecule has 34 heavy (non-hydrogen) atoms. The highest BCUT2D eigenvalue weighted by Gasteiger charge is 2.23. The van der Waals surface area contributed by atoms with E-state index in [-0.39, 0.29) is 17.5 Å². The highest BCUT2D eigenvalue weighted by atomic mass is 32.2. The van der Waals surface area contributed by atoms with Gasteiger partial charge in [0.1, 0.15) is 5.01 Å². The number of amides is 1. The summed E-state index contributed by atoms with van der Waals surface area (Å²) >= 11 is 2.75. The molecule has 7 nitrogen and oxygen atoms in total. The molecule has 0 aliphatic heterocycles. The first-order valence-corrected chi connectivity index (χ1v) is 13.2. The monoisotopic (exact) mass is 491 g/mol. The largest absolute Gasteiger partial charge is 0.346 e. The number of nitrogens with one attached hydrogen (secondary N) is 1. The van der Waals surface area contributed by atoms with Crippen molar-refractivity contribution in [2.24, 2.45) is 0 Å². The van der Waals surface area contributed by atoms with E-state index in [1.807, 2.05) is 60.0 Å². The number of nitrogens with zero attached hydrogens (tertiary/aromatic N) is 4. The van der Waals surface area contributed by atoms with Crippen molar-refractivity contribution in [1.82, 2.24) is 25.1 Å². The predicted octanol–water partition coefficient (Wildman–Crippen LogP) is 4.89. The molecule has 1 fully saturated rings. The lowest BCUT2D eigenvalue weighted by Crippen LogP contribution is -2.26. The van der Waals surface area contributed by atoms with Gasteiger partial charge in [-0.2, -0.15) is 0 Å². The number of para-hydroxylation sites is 1. The van der Waals surface area contributed by atoms with Crippen LogP contribution in [-0.4, -0.2) is 25.7 Å². The third kappa shape index (κ3) is 4.90. The topological polar surface area (TPSA) is 89.8 Å². The molecule has 1 N–H and O–H groups in total. The first kappa shape index (κ1) is 22.7. The summed E-state index contributed by atoms with van der Waals surface area (Å²) in [5.74, 6) is 0.265. The van der Waals surface area contributed by atoms with Crippen LogP contribution in [0.1, 0.15) is 57.7 Å². The van der Waals surface area contributed by atoms with Crippen LogP contribution in [0, 0.1) is 6.92 Å². The van der Waals surface area contributed by atoms with Crippen LogP contribution in [0.25, 0.3) is 10.9 Å². The second kappa shape index (κ2) is 10.1. The van der Waals surface area contributed by atoms with Gasteiger partial charge >= 0.3 is 0 Å². The van der Waals surface area contributed by atoms with Gasteiger partial charge in [0.05, 0.1) is 16.7 Å². The number of thioether (sulfide) groups is 1. The molecule has 5 rings (SSSR count). The number of fused-ring (bicyclic) bond motifs is 1. The zero-order chi connectivity index (χ0) is 23.5. The quantitative estimate of drug-likeness (QED) is 0.292. The van der Waals surface area contributed by atoms with E-state index in [9.17, 15) is 9.59 Å². The van der Waals surface area contributed by atoms with Gasteiger partial charge in [0, 0.05) is 12.6 Å². The highest BCUT2D eigenvalue weighted by molar-refractivity contribution is 7.98. The third-order valence-corrected chi connectivity index (χ3v) is 8.09. The number of hydrogen-bond donors (Lipinski definition) is 1. The SMILES string of the molecule is Cc1ccc(CNC(=O)c2nnc(CSc3nc4ccccc4c(=O)n3C3CCCC3)s2)cc1. The van der Waals surface area contributed by atoms with Gasteiger partial charge in [-0.3, -0.25) is 14.2 Å². The summed E-state index contributed by atoms with van der Waals surface area (Å²) in [4.78, 5) is 30.6. The Kier molecular flexibility index (Phi) is 6.73. The summed E-state index contributed by atoms with van der Waals surface area (Å²) < 4.78 is 1.87. The van der Waals surface area contributed by atoms with Gasteiger partial charge in [-0.25, -0.2) is 4.98 Å². The summed E-state index contributed by atoms with van der Waals surface area (Å²) in [6, 6.07) is 15.7. The highest BCUT2D eigenvalue weighted by Crippen LogP contribution is 2.33. The maximum atomic E-state index is 13.3. The average Bonchev–Trinajstić information content (AvgIpc) is 3.55. The van der Waals surface area contributed by atoms with E-state index in [0.29, 0.717) is 33.4 Å². The number of aromatic nitrogens is 4. The Morgan fingerprint density at radius 1 is 1.12 bits per heavy atom. The van der Waals surface area contributed by atoms with Gasteiger partial charge in [-0.05, 0) is 37.5 Å². The van der Waals surface area contributed by atoms with E-state index in [1.54, 1.807) is 0 Å². The van der Waals surface area contributed by atoms with Gasteiger partial charge in [0.15, 0.2) is 5.16 Å². The van der Waals surface area contributed by atoms with Gasteiger partial charge in [-0.1, -0.05) is 77.9 Å². The summed E-state index contributed by atoms with van der Waals surface area (Å²) in [5, 5.41) is 13.6. The Labute approximate surface area is 205 Å². The van der Waals surface area contributed by atoms with E-state index in [4.69, 9.17) is 4.98 Å². The van der Waals surface area contributed by atoms with Crippen LogP contribution in [0.4, 0.5) is 0 Å². The van der Waals surface area contributed by atoms with Crippen molar-refractivity contribution in [3.63, 3.8) is 0 Å². The molecular formula is C25H25N5O2S2. The maximum Gasteiger partial charge on any atom is 0.282 e. The van der Waals surface area contributed by atoms with Gasteiger partial charge in [0.25, 0.3) is 11.5 Å². The lowest BCUT2D eigenvalue weighted by Gasteiger charge is -2.18. The summed E-state index contributed by atoms with van der Waals surface area (Å²) in [6.07, 6.45) is 4.26. The molecule has 2 aromatic carbocycles. The van der Waals surface area contributed by atoms with Crippen LogP contribution in [-0.2, 0) is 12.3 Å². The Hall–Kier alpha value is -3.04. The minimum atomic E-state index is -0.235. The lowest BCUT2D eigenvalue weighted by molar-refractivity contribution is 0.0950. The molecular weight excluding hydrogens is 466 g/mol. The lowest BCUT2D eigenvalue weighted by atomic mass is 10.1. The van der Waals surface area contributed by atoms with Crippen LogP contribution < -0.4 is 10.9 Å². The van der Waals surface area contributed by atoms with Crippen LogP contribution in [0.3, 0.4) is 0 Å². The molecule has 1 aliphatic rings. The fourth-order valence-corrected chi connectivity index (χ4v) is 6.01. The summed E-state index contributed by atoms with van der Waals surface area (Å²) in [6.45, 7) is 2.47. The van der Waals surface area contributed by atoms with Crippen LogP contribution in [0.15, 0.2) is 58.5 Å². The third-order valence-electron chi connectivity index (χ3n) is 6.02. The minimum absolute atomic E-state index is 0.0217. The van der Waals surface area contributed by atoms with E-state index in [2.05, 4.69) is 15.5 Å². The minimum Gasteiger partial charge on any atom is -0.346 e. The Morgan fingerprint density at radius 2 is 1.88 bits per heavy atom. The molecule has 1 saturated carbocycles. The average molecular weight is 492 g/mol. The zero-order valence-electron chi connectivity index (χ0n) is 18.9. The smallest absolute Gasteiger partial charge is 0.282 e. The first-order valence-electron chi connectivity index (χ1n) is 11.4. The van der Waals surface area contributed by atoms with Crippen molar-refractivity contribution in [3.8, 4) is 0 Å². The van der Waals surface area contributed by atoms with E-state index < -0.39 is 0 Å². The number of aryl methyl sites for hydroxylation is 1. The van der Waals surface area contributed by atoms with Crippen LogP contribution >= 0.6 is 23.1 Å². The summed E-state index contributed by atoms with van der Waals surface area (Å²) in [7, 11) is 0. The number of carbonyl (C=O) groups excluding carboxylic acids is 1. The molecule has 174 valence electrons. The van der Waals surface area contributed by atoms with Crippen molar-refractivity contribution in [3.05, 3.63) is 80.0 Å². The molecule has 0 radical (unpaired) electrons. The molecule has 2 heterocycles. The standard InChI is InChI=1S/C25H25N5O2S2/c1-16-10-12-17(13-11-16)14-26-22(31)23-29-28-21(34-23)15-33-25-27-20-9-5-4-8-19(20)24(32)30(25)18-6-2-3-7-18/h4-5,8-13,18H,2-3,6-7,14-15H2,1H3,(H,26,31). The van der Waals surface area contributed by atoms with E-state index in [0.717, 1.165) is 36.3 Å². The van der Waals surface area contributed by atoms with E-state index in [1.165, 1.54) is 28.7 Å². The number of carbonyl (C=O) groups is 1. The number of hydrogen-bond acceptors (Lipinski definition) is 7. The van der Waals surface area contributed by atoms with Crippen molar-refractivity contribution in [2.75, 3.05) is 0 Å². The molecule has 0 saturated heterocycles. The van der Waals surface area contributed by atoms with E-state index >= 15 is 0 Å². The van der Waals surface area contributed by atoms with Gasteiger partial charge < -0.3 is 5.32 Å². The van der Waals surface area contributed by atoms with Crippen molar-refractivity contribution in [1.29, 1.82) is 0 Å². The molecule has 1 amide bonds. The van der Waals surface area contributed by atoms with Crippen molar-refractivity contribution >= 4 is 39.9 Å². The molecule has 1 aliphatic carbocycles. The van der Waals surface area contributed by atoms with Crippen molar-refractivity contribution < 1.29 is 4.79 Å². The van der Waals surface area contributed by atoms with Crippen molar-refractivity contribution in [2.45, 2.75) is 56.1 Å². The first-order chi connectivity index (χ1) is 16.6. The molecule has 0 unspecified atom stereocenters. The normalized spacial score (nSPS) is 14.0. The van der Waals surface area contributed by atoms with Crippen LogP contribution in [0.5, 0.6) is 0 Å². The second-order valence-electron chi connectivity index (χ2n) is 8.48. The Balaban J connectivity index is 1.30. The molecule has 0 bridgehead atoms. The molecule has 2 aromatic heterocycles. The van der Waals surface area contributed by atoms with Gasteiger partial charge in [-0.15, -0.1) is 10.2 Å². The second-order valence-corrected chi connectivity index (χ2v) is 10.5. The maximum absolute atomic E-state index is 13.3. The molecule has 4 aromatic rings. The molecule has 0 atom stereocenters. The van der Waals surface area contributed by atoms with Crippen LogP contribution in [0.2, 0.25) is 0 Å². The number of benzene rings is 2. The Morgan fingerprint density at radius 3 is 2.68 bits per heavy atom. The fourth-order valence-electron chi connectivity index (χ4n) is 4.21. The Bertz CT molecular complexity index is 1370. The molecule has 9 heteroatoms.